The van der Waals surface area contributed by atoms with Crippen molar-refractivity contribution in [3.05, 3.63) is 83.3 Å². The fourth-order valence-corrected chi connectivity index (χ4v) is 6.52. The second-order valence-corrected chi connectivity index (χ2v) is 13.2. The van der Waals surface area contributed by atoms with E-state index < -0.39 is 11.7 Å². The lowest BCUT2D eigenvalue weighted by Gasteiger charge is -2.19. The topological polar surface area (TPSA) is 155 Å². The molecular formula is C35H33ClN6O5. The molecule has 1 aliphatic heterocycles. The van der Waals surface area contributed by atoms with Gasteiger partial charge in [0.2, 0.25) is 0 Å². The van der Waals surface area contributed by atoms with Gasteiger partial charge in [-0.15, -0.1) is 11.6 Å². The Hall–Kier alpha value is -5.42. The number of benzene rings is 3. The lowest BCUT2D eigenvalue weighted by atomic mass is 9.97. The largest absolute Gasteiger partial charge is 0.506 e. The van der Waals surface area contributed by atoms with Crippen molar-refractivity contribution in [2.45, 2.75) is 39.2 Å². The Morgan fingerprint density at radius 2 is 1.60 bits per heavy atom. The van der Waals surface area contributed by atoms with E-state index in [9.17, 15) is 19.5 Å². The third kappa shape index (κ3) is 5.52. The van der Waals surface area contributed by atoms with Crippen LogP contribution in [0.25, 0.3) is 32.7 Å². The van der Waals surface area contributed by atoms with Crippen LogP contribution in [0.5, 0.6) is 5.75 Å². The normalized spacial score (nSPS) is 14.6. The van der Waals surface area contributed by atoms with Crippen molar-refractivity contribution in [2.75, 3.05) is 28.0 Å². The van der Waals surface area contributed by atoms with Gasteiger partial charge in [0.05, 0.1) is 11.2 Å². The first-order chi connectivity index (χ1) is 22.4. The molecule has 47 heavy (non-hydrogen) atoms. The number of phenols is 1. The standard InChI is InChI=1S/C35H33ClN6O5/c1-17-15-37-31-28(43)13-27-30(29(17)31)20(14-36)16-42(27)33(45)26-12-19-9-21(5-7-24(19)41-26)38-32(44)25-11-18-10-22(6-8-23(18)40-25)39-34(46)47-35(2,3)4/h5-13,15,20,37,40-41,43H,14,16H2,1-4H3,(H,38,44)(H,39,46). The van der Waals surface area contributed by atoms with Crippen molar-refractivity contribution in [2.24, 2.45) is 0 Å². The van der Waals surface area contributed by atoms with Gasteiger partial charge in [0.1, 0.15) is 22.7 Å². The molecule has 0 saturated heterocycles. The summed E-state index contributed by atoms with van der Waals surface area (Å²) in [6.45, 7) is 7.72. The van der Waals surface area contributed by atoms with Crippen LogP contribution in [0.4, 0.5) is 21.9 Å². The number of phenolic OH excluding ortho intramolecular Hbond substituents is 1. The molecule has 0 radical (unpaired) electrons. The van der Waals surface area contributed by atoms with Gasteiger partial charge in [-0.25, -0.2) is 4.79 Å². The summed E-state index contributed by atoms with van der Waals surface area (Å²) in [6, 6.07) is 15.7. The number of rotatable bonds is 5. The number of aryl methyl sites for hydroxylation is 1. The molecule has 3 aromatic heterocycles. The van der Waals surface area contributed by atoms with E-state index in [1.165, 1.54) is 0 Å². The number of amides is 3. The number of halogens is 1. The Kier molecular flexibility index (Phi) is 7.16. The highest BCUT2D eigenvalue weighted by atomic mass is 35.5. The number of H-pyrrole nitrogens is 3. The molecule has 1 atom stereocenters. The molecule has 0 spiro atoms. The van der Waals surface area contributed by atoms with E-state index >= 15 is 0 Å². The Labute approximate surface area is 274 Å². The lowest BCUT2D eigenvalue weighted by molar-refractivity contribution is 0.0635. The fourth-order valence-electron chi connectivity index (χ4n) is 6.27. The van der Waals surface area contributed by atoms with Crippen LogP contribution in [0.15, 0.2) is 60.8 Å². The maximum Gasteiger partial charge on any atom is 0.412 e. The second kappa shape index (κ2) is 11.1. The molecule has 1 unspecified atom stereocenters. The van der Waals surface area contributed by atoms with E-state index in [2.05, 4.69) is 25.6 Å². The van der Waals surface area contributed by atoms with Crippen molar-refractivity contribution < 1.29 is 24.2 Å². The Bertz CT molecular complexity index is 2240. The molecule has 3 amide bonds. The Morgan fingerprint density at radius 1 is 0.957 bits per heavy atom. The maximum atomic E-state index is 13.8. The van der Waals surface area contributed by atoms with Crippen LogP contribution in [0.3, 0.4) is 0 Å². The van der Waals surface area contributed by atoms with Crippen LogP contribution >= 0.6 is 11.6 Å². The minimum absolute atomic E-state index is 0.0739. The molecule has 0 fully saturated rings. The molecule has 7 rings (SSSR count). The number of hydrogen-bond donors (Lipinski definition) is 6. The summed E-state index contributed by atoms with van der Waals surface area (Å²) in [5, 5.41) is 18.7. The zero-order valence-electron chi connectivity index (χ0n) is 26.2. The minimum Gasteiger partial charge on any atom is -0.506 e. The summed E-state index contributed by atoms with van der Waals surface area (Å²) < 4.78 is 5.32. The van der Waals surface area contributed by atoms with Crippen LogP contribution in [-0.2, 0) is 4.74 Å². The molecule has 1 aliphatic rings. The Morgan fingerprint density at radius 3 is 2.26 bits per heavy atom. The van der Waals surface area contributed by atoms with Gasteiger partial charge in [0, 0.05) is 69.2 Å². The predicted octanol–water partition coefficient (Wildman–Crippen LogP) is 7.73. The van der Waals surface area contributed by atoms with Crippen molar-refractivity contribution >= 4 is 79.3 Å². The number of carbonyl (C=O) groups is 3. The summed E-state index contributed by atoms with van der Waals surface area (Å²) >= 11 is 6.37. The summed E-state index contributed by atoms with van der Waals surface area (Å²) in [7, 11) is 0. The molecule has 11 nitrogen and oxygen atoms in total. The highest BCUT2D eigenvalue weighted by Crippen LogP contribution is 2.46. The van der Waals surface area contributed by atoms with Crippen molar-refractivity contribution in [3.63, 3.8) is 0 Å². The minimum atomic E-state index is -0.623. The first kappa shape index (κ1) is 30.2. The number of nitrogens with one attached hydrogen (secondary N) is 5. The van der Waals surface area contributed by atoms with Crippen LogP contribution < -0.4 is 15.5 Å². The zero-order chi connectivity index (χ0) is 33.2. The third-order valence-electron chi connectivity index (χ3n) is 8.31. The van der Waals surface area contributed by atoms with E-state index in [-0.39, 0.29) is 23.5 Å². The molecule has 3 aromatic carbocycles. The van der Waals surface area contributed by atoms with Gasteiger partial charge in [0.15, 0.2) is 0 Å². The molecule has 12 heteroatoms. The number of fused-ring (bicyclic) bond motifs is 5. The summed E-state index contributed by atoms with van der Waals surface area (Å²) in [5.74, 6) is -0.272. The SMILES string of the molecule is Cc1c[nH]c2c(O)cc3c(c12)C(CCl)CN3C(=O)c1cc2cc(NC(=O)c3cc4cc(NC(=O)OC(C)(C)C)ccc4[nH]3)ccc2[nH]1. The third-order valence-corrected chi connectivity index (χ3v) is 8.68. The zero-order valence-corrected chi connectivity index (χ0v) is 26.9. The number of alkyl halides is 1. The second-order valence-electron chi connectivity index (χ2n) is 12.9. The van der Waals surface area contributed by atoms with Crippen molar-refractivity contribution in [3.8, 4) is 5.75 Å². The number of aromatic nitrogens is 3. The van der Waals surface area contributed by atoms with Gasteiger partial charge in [-0.2, -0.15) is 0 Å². The van der Waals surface area contributed by atoms with Gasteiger partial charge in [0.25, 0.3) is 11.8 Å². The lowest BCUT2D eigenvalue weighted by Crippen LogP contribution is -2.30. The molecule has 4 heterocycles. The van der Waals surface area contributed by atoms with Gasteiger partial charge >= 0.3 is 6.09 Å². The average molecular weight is 653 g/mol. The summed E-state index contributed by atoms with van der Waals surface area (Å²) in [6.07, 6.45) is 1.28. The first-order valence-electron chi connectivity index (χ1n) is 15.2. The molecule has 0 aliphatic carbocycles. The van der Waals surface area contributed by atoms with E-state index in [4.69, 9.17) is 16.3 Å². The van der Waals surface area contributed by atoms with Gasteiger partial charge < -0.3 is 35.0 Å². The van der Waals surface area contributed by atoms with Crippen molar-refractivity contribution in [1.82, 2.24) is 15.0 Å². The average Bonchev–Trinajstić information content (AvgIpc) is 3.79. The molecule has 0 bridgehead atoms. The quantitative estimate of drug-likeness (QED) is 0.105. The number of carbonyl (C=O) groups excluding carboxylic acids is 3. The predicted molar refractivity (Wildman–Crippen MR) is 184 cm³/mol. The van der Waals surface area contributed by atoms with E-state index in [0.717, 1.165) is 38.3 Å². The highest BCUT2D eigenvalue weighted by molar-refractivity contribution is 6.19. The first-order valence-corrected chi connectivity index (χ1v) is 15.7. The van der Waals surface area contributed by atoms with Crippen molar-refractivity contribution in [1.29, 1.82) is 0 Å². The van der Waals surface area contributed by atoms with E-state index in [1.807, 2.05) is 13.1 Å². The summed E-state index contributed by atoms with van der Waals surface area (Å²) in [5.41, 5.74) is 5.86. The number of aromatic amines is 3. The summed E-state index contributed by atoms with van der Waals surface area (Å²) in [4.78, 5) is 50.3. The molecule has 6 N–H and O–H groups in total. The smallest absolute Gasteiger partial charge is 0.412 e. The van der Waals surface area contributed by atoms with E-state index in [1.54, 1.807) is 80.3 Å². The maximum absolute atomic E-state index is 13.8. The number of anilines is 3. The van der Waals surface area contributed by atoms with Crippen LogP contribution in [0, 0.1) is 6.92 Å². The fraction of sp³-hybridized carbons (Fsp3) is 0.229. The van der Waals surface area contributed by atoms with Crippen LogP contribution in [0.2, 0.25) is 0 Å². The Balaban J connectivity index is 1.10. The van der Waals surface area contributed by atoms with Crippen LogP contribution in [0.1, 0.15) is 58.8 Å². The molecule has 240 valence electrons. The van der Waals surface area contributed by atoms with E-state index in [0.29, 0.717) is 46.4 Å². The van der Waals surface area contributed by atoms with Crippen LogP contribution in [-0.4, -0.2) is 56.0 Å². The molecular weight excluding hydrogens is 620 g/mol. The number of hydrogen-bond acceptors (Lipinski definition) is 5. The number of nitrogens with zero attached hydrogens (tertiary/aromatic N) is 1. The number of ether oxygens (including phenoxy) is 1. The van der Waals surface area contributed by atoms with Gasteiger partial charge in [-0.05, 0) is 87.4 Å². The van der Waals surface area contributed by atoms with Gasteiger partial charge in [-0.3, -0.25) is 14.9 Å². The molecule has 0 saturated carbocycles. The van der Waals surface area contributed by atoms with Gasteiger partial charge in [-0.1, -0.05) is 0 Å². The highest BCUT2D eigenvalue weighted by Gasteiger charge is 2.36. The number of aromatic hydroxyl groups is 1. The monoisotopic (exact) mass is 652 g/mol. The molecule has 6 aromatic rings.